The lowest BCUT2D eigenvalue weighted by atomic mass is 10.2. The maximum Gasteiger partial charge on any atom is 0.175 e. The van der Waals surface area contributed by atoms with Crippen LogP contribution in [0, 0.1) is 6.92 Å². The molecule has 146 valence electrons. The van der Waals surface area contributed by atoms with Crippen molar-refractivity contribution in [3.63, 3.8) is 0 Å². The summed E-state index contributed by atoms with van der Waals surface area (Å²) < 4.78 is 58.5. The Hall–Kier alpha value is -2.05. The van der Waals surface area contributed by atoms with E-state index in [-0.39, 0.29) is 9.79 Å². The maximum atomic E-state index is 12.0. The Morgan fingerprint density at radius 3 is 1.68 bits per heavy atom. The van der Waals surface area contributed by atoms with E-state index in [4.69, 9.17) is 0 Å². The van der Waals surface area contributed by atoms with Gasteiger partial charge in [-0.15, -0.1) is 0 Å². The van der Waals surface area contributed by atoms with Gasteiger partial charge in [-0.05, 0) is 55.0 Å². The first kappa shape index (κ1) is 20.7. The molecule has 5 nitrogen and oxygen atoms in total. The highest BCUT2D eigenvalue weighted by molar-refractivity contribution is 7.90. The number of rotatable bonds is 5. The molecule has 28 heavy (non-hydrogen) atoms. The van der Waals surface area contributed by atoms with Crippen molar-refractivity contribution < 1.29 is 21.4 Å². The van der Waals surface area contributed by atoms with E-state index in [1.807, 2.05) is 37.3 Å². The molecular weight excluding hydrogens is 415 g/mol. The molecule has 0 aromatic heterocycles. The maximum absolute atomic E-state index is 12.0. The first-order valence-corrected chi connectivity index (χ1v) is 12.9. The second-order valence-corrected chi connectivity index (χ2v) is 12.0. The molecule has 0 fully saturated rings. The van der Waals surface area contributed by atoms with Crippen LogP contribution < -0.4 is 15.9 Å². The Kier molecular flexibility index (Phi) is 5.73. The Labute approximate surface area is 166 Å². The molecule has 8 heteroatoms. The quantitative estimate of drug-likeness (QED) is 0.454. The summed E-state index contributed by atoms with van der Waals surface area (Å²) >= 11 is 0. The zero-order valence-corrected chi connectivity index (χ0v) is 17.8. The van der Waals surface area contributed by atoms with Crippen LogP contribution in [0.15, 0.2) is 82.6 Å². The summed E-state index contributed by atoms with van der Waals surface area (Å²) in [6, 6.07) is 20.3. The van der Waals surface area contributed by atoms with Crippen LogP contribution in [0.3, 0.4) is 0 Å². The van der Waals surface area contributed by atoms with Gasteiger partial charge in [-0.1, -0.05) is 54.1 Å². The summed E-state index contributed by atoms with van der Waals surface area (Å²) in [6.45, 7) is 1.95. The molecule has 0 spiro atoms. The average Bonchev–Trinajstić information content (AvgIpc) is 2.61. The third-order valence-electron chi connectivity index (χ3n) is 4.13. The van der Waals surface area contributed by atoms with Crippen molar-refractivity contribution in [2.45, 2.75) is 16.7 Å². The minimum absolute atomic E-state index is 0.192. The minimum Gasteiger partial charge on any atom is -0.744 e. The van der Waals surface area contributed by atoms with E-state index in [1.54, 1.807) is 18.2 Å². The highest BCUT2D eigenvalue weighted by Gasteiger charge is 2.20. The summed E-state index contributed by atoms with van der Waals surface area (Å²) in [5.41, 5.74) is 1.02. The number of sulfone groups is 1. The van der Waals surface area contributed by atoms with Gasteiger partial charge in [0, 0.05) is 6.26 Å². The molecule has 1 atom stereocenters. The second kappa shape index (κ2) is 7.76. The fourth-order valence-electron chi connectivity index (χ4n) is 2.85. The molecule has 3 aromatic carbocycles. The van der Waals surface area contributed by atoms with Gasteiger partial charge in [0.2, 0.25) is 0 Å². The molecule has 0 amide bonds. The van der Waals surface area contributed by atoms with Gasteiger partial charge in [0.05, 0.1) is 9.79 Å². The number of aryl methyl sites for hydroxylation is 1. The zero-order chi connectivity index (χ0) is 20.5. The van der Waals surface area contributed by atoms with Gasteiger partial charge in [0.25, 0.3) is 0 Å². The van der Waals surface area contributed by atoms with Crippen LogP contribution in [0.1, 0.15) is 5.56 Å². The monoisotopic (exact) mass is 433 g/mol. The van der Waals surface area contributed by atoms with Gasteiger partial charge in [-0.25, -0.2) is 16.8 Å². The average molecular weight is 433 g/mol. The largest absolute Gasteiger partial charge is 0.744 e. The normalized spacial score (nSPS) is 13.2. The molecule has 3 aromatic rings. The molecular formula is C20H18O5PS2-. The van der Waals surface area contributed by atoms with Crippen molar-refractivity contribution >= 4 is 43.8 Å². The lowest BCUT2D eigenvalue weighted by molar-refractivity contribution is 0.463. The van der Waals surface area contributed by atoms with E-state index in [9.17, 15) is 21.4 Å². The van der Waals surface area contributed by atoms with Crippen LogP contribution in [-0.4, -0.2) is 27.6 Å². The van der Waals surface area contributed by atoms with Crippen molar-refractivity contribution in [3.05, 3.63) is 78.4 Å². The van der Waals surface area contributed by atoms with Gasteiger partial charge < -0.3 is 4.55 Å². The number of hydrogen-bond acceptors (Lipinski definition) is 5. The molecule has 0 N–H and O–H groups in total. The molecule has 0 bridgehead atoms. The van der Waals surface area contributed by atoms with E-state index in [2.05, 4.69) is 0 Å². The summed E-state index contributed by atoms with van der Waals surface area (Å²) in [5.74, 6) is 0. The van der Waals surface area contributed by atoms with E-state index in [1.165, 1.54) is 24.3 Å². The Morgan fingerprint density at radius 2 is 1.18 bits per heavy atom. The van der Waals surface area contributed by atoms with Crippen LogP contribution in [0.25, 0.3) is 0 Å². The fraction of sp³-hybridized carbons (Fsp3) is 0.100. The zero-order valence-electron chi connectivity index (χ0n) is 15.2. The van der Waals surface area contributed by atoms with Gasteiger partial charge >= 0.3 is 0 Å². The first-order valence-electron chi connectivity index (χ1n) is 8.28. The standard InChI is InChI=1S/C20H19O5PS2/c1-15-6-3-7-16(12-15)26(17-8-4-10-19(13-17)27(2,21)22)18-9-5-11-20(14-18)28(23,24)25/h3-14H,1-2H3,(H,23,24,25)/p-1. The SMILES string of the molecule is Cc1cccc(P(c2cccc(S(C)(=O)=O)c2)c2cccc(S(=O)(=O)[O-])c2)c1. The van der Waals surface area contributed by atoms with Crippen molar-refractivity contribution in [2.75, 3.05) is 6.26 Å². The Morgan fingerprint density at radius 1 is 0.714 bits per heavy atom. The highest BCUT2D eigenvalue weighted by atomic mass is 32.2. The third kappa shape index (κ3) is 4.67. The molecule has 1 unspecified atom stereocenters. The Bertz CT molecular complexity index is 1160. The van der Waals surface area contributed by atoms with Crippen molar-refractivity contribution in [2.24, 2.45) is 0 Å². The van der Waals surface area contributed by atoms with E-state index in [0.717, 1.165) is 22.4 Å². The van der Waals surface area contributed by atoms with Crippen LogP contribution >= 0.6 is 7.92 Å². The fourth-order valence-corrected chi connectivity index (χ4v) is 6.67. The van der Waals surface area contributed by atoms with Gasteiger partial charge in [0.1, 0.15) is 10.1 Å². The Balaban J connectivity index is 2.26. The first-order chi connectivity index (χ1) is 13.1. The van der Waals surface area contributed by atoms with E-state index >= 15 is 0 Å². The molecule has 0 radical (unpaired) electrons. The van der Waals surface area contributed by atoms with Crippen LogP contribution in [0.4, 0.5) is 0 Å². The molecule has 0 heterocycles. The summed E-state index contributed by atoms with van der Waals surface area (Å²) in [5, 5.41) is 2.34. The predicted molar refractivity (Wildman–Crippen MR) is 111 cm³/mol. The van der Waals surface area contributed by atoms with Crippen LogP contribution in [-0.2, 0) is 20.0 Å². The molecule has 0 aliphatic rings. The second-order valence-electron chi connectivity index (χ2n) is 6.40. The molecule has 0 aliphatic carbocycles. The topological polar surface area (TPSA) is 91.3 Å². The molecule has 0 aliphatic heterocycles. The van der Waals surface area contributed by atoms with Crippen molar-refractivity contribution in [3.8, 4) is 0 Å². The third-order valence-corrected chi connectivity index (χ3v) is 8.45. The van der Waals surface area contributed by atoms with Gasteiger partial charge in [-0.3, -0.25) is 0 Å². The van der Waals surface area contributed by atoms with Crippen molar-refractivity contribution in [1.29, 1.82) is 0 Å². The minimum atomic E-state index is -4.60. The molecule has 0 saturated carbocycles. The predicted octanol–water partition coefficient (Wildman–Crippen LogP) is 2.06. The number of benzene rings is 3. The van der Waals surface area contributed by atoms with Crippen LogP contribution in [0.5, 0.6) is 0 Å². The van der Waals surface area contributed by atoms with E-state index < -0.39 is 27.9 Å². The van der Waals surface area contributed by atoms with Gasteiger partial charge in [0.15, 0.2) is 9.84 Å². The smallest absolute Gasteiger partial charge is 0.175 e. The lowest BCUT2D eigenvalue weighted by Gasteiger charge is -2.21. The van der Waals surface area contributed by atoms with E-state index in [0.29, 0.717) is 5.30 Å². The number of hydrogen-bond donors (Lipinski definition) is 0. The lowest BCUT2D eigenvalue weighted by Crippen LogP contribution is -2.22. The van der Waals surface area contributed by atoms with Crippen LogP contribution in [0.2, 0.25) is 0 Å². The van der Waals surface area contributed by atoms with Gasteiger partial charge in [-0.2, -0.15) is 0 Å². The molecule has 3 rings (SSSR count). The summed E-state index contributed by atoms with van der Waals surface area (Å²) in [7, 11) is -9.25. The highest BCUT2D eigenvalue weighted by Crippen LogP contribution is 2.34. The summed E-state index contributed by atoms with van der Waals surface area (Å²) in [4.78, 5) is -0.109. The molecule has 0 saturated heterocycles. The van der Waals surface area contributed by atoms with Crippen molar-refractivity contribution in [1.82, 2.24) is 0 Å². The summed E-state index contributed by atoms with van der Waals surface area (Å²) in [6.07, 6.45) is 1.14.